The van der Waals surface area contributed by atoms with Gasteiger partial charge in [-0.2, -0.15) is 0 Å². The van der Waals surface area contributed by atoms with E-state index >= 15 is 0 Å². The highest BCUT2D eigenvalue weighted by molar-refractivity contribution is 6.37. The lowest BCUT2D eigenvalue weighted by Crippen LogP contribution is -2.23. The van der Waals surface area contributed by atoms with Gasteiger partial charge in [0.2, 0.25) is 5.78 Å². The Bertz CT molecular complexity index is 1050. The molecule has 3 rings (SSSR count). The number of ether oxygens (including phenoxy) is 2. The topological polar surface area (TPSA) is 107 Å². The Labute approximate surface area is 158 Å². The number of hydrogen-bond acceptors (Lipinski definition) is 7. The van der Waals surface area contributed by atoms with Crippen molar-refractivity contribution in [1.29, 1.82) is 0 Å². The van der Waals surface area contributed by atoms with Gasteiger partial charge in [0.1, 0.15) is 10.8 Å². The van der Waals surface area contributed by atoms with Gasteiger partial charge in [-0.1, -0.05) is 11.6 Å². The Morgan fingerprint density at radius 3 is 2.11 bits per heavy atom. The molecule has 0 atom stereocenters. The van der Waals surface area contributed by atoms with Crippen molar-refractivity contribution in [2.75, 3.05) is 0 Å². The Hall–Kier alpha value is -3.19. The van der Waals surface area contributed by atoms with Crippen LogP contribution < -0.4 is 9.47 Å². The number of carbonyl (C=O) groups excluding carboxylic acids is 4. The zero-order valence-corrected chi connectivity index (χ0v) is 15.3. The highest BCUT2D eigenvalue weighted by Crippen LogP contribution is 2.45. The first kappa shape index (κ1) is 18.6. The van der Waals surface area contributed by atoms with Crippen LogP contribution in [0.3, 0.4) is 0 Å². The van der Waals surface area contributed by atoms with Gasteiger partial charge in [0.15, 0.2) is 17.3 Å². The molecule has 1 aliphatic rings. The second kappa shape index (κ2) is 6.51. The minimum Gasteiger partial charge on any atom is -0.507 e. The van der Waals surface area contributed by atoms with Gasteiger partial charge >= 0.3 is 11.9 Å². The second-order valence-electron chi connectivity index (χ2n) is 5.99. The number of carbonyl (C=O) groups is 4. The molecular formula is C19H13ClO7. The van der Waals surface area contributed by atoms with Gasteiger partial charge in [-0.3, -0.25) is 19.2 Å². The predicted molar refractivity (Wildman–Crippen MR) is 93.8 cm³/mol. The summed E-state index contributed by atoms with van der Waals surface area (Å²) in [6, 6.07) is 3.95. The van der Waals surface area contributed by atoms with E-state index in [0.29, 0.717) is 5.56 Å². The summed E-state index contributed by atoms with van der Waals surface area (Å²) in [5.41, 5.74) is -0.0555. The first-order valence-corrected chi connectivity index (χ1v) is 8.16. The number of aryl methyl sites for hydroxylation is 1. The second-order valence-corrected chi connectivity index (χ2v) is 6.37. The Morgan fingerprint density at radius 1 is 0.926 bits per heavy atom. The van der Waals surface area contributed by atoms with Crippen molar-refractivity contribution in [2.45, 2.75) is 20.8 Å². The van der Waals surface area contributed by atoms with Crippen LogP contribution >= 0.6 is 11.6 Å². The molecule has 0 saturated carbocycles. The molecule has 0 bridgehead atoms. The first-order valence-electron chi connectivity index (χ1n) is 7.78. The maximum atomic E-state index is 13.0. The summed E-state index contributed by atoms with van der Waals surface area (Å²) in [7, 11) is 0. The third kappa shape index (κ3) is 3.06. The summed E-state index contributed by atoms with van der Waals surface area (Å²) in [4.78, 5) is 48.8. The number of esters is 2. The molecule has 27 heavy (non-hydrogen) atoms. The number of aromatic hydroxyl groups is 1. The maximum absolute atomic E-state index is 13.0. The standard InChI is InChI=1S/C19H13ClO7/c1-7-4-10-14(12(23)5-7)18(25)15-11(17(10)24)6-13(26-8(2)21)16(20)19(15)27-9(3)22/h4-6,23H,1-3H3. The van der Waals surface area contributed by atoms with Crippen LogP contribution in [-0.2, 0) is 9.59 Å². The zero-order valence-electron chi connectivity index (χ0n) is 14.5. The van der Waals surface area contributed by atoms with E-state index in [1.54, 1.807) is 6.92 Å². The number of fused-ring (bicyclic) bond motifs is 2. The molecule has 0 aliphatic heterocycles. The van der Waals surface area contributed by atoms with Crippen molar-refractivity contribution < 1.29 is 33.8 Å². The van der Waals surface area contributed by atoms with E-state index in [1.165, 1.54) is 12.1 Å². The third-order valence-electron chi connectivity index (χ3n) is 3.89. The predicted octanol–water partition coefficient (Wildman–Crippen LogP) is 2.98. The molecule has 8 heteroatoms. The Kier molecular flexibility index (Phi) is 4.49. The molecule has 0 aromatic heterocycles. The van der Waals surface area contributed by atoms with Crippen LogP contribution in [0.4, 0.5) is 0 Å². The van der Waals surface area contributed by atoms with E-state index in [0.717, 1.165) is 19.9 Å². The third-order valence-corrected chi connectivity index (χ3v) is 4.25. The summed E-state index contributed by atoms with van der Waals surface area (Å²) < 4.78 is 10.0. The molecule has 0 heterocycles. The minimum atomic E-state index is -0.793. The molecule has 2 aromatic carbocycles. The smallest absolute Gasteiger partial charge is 0.308 e. The number of hydrogen-bond donors (Lipinski definition) is 1. The van der Waals surface area contributed by atoms with E-state index in [2.05, 4.69) is 0 Å². The van der Waals surface area contributed by atoms with Crippen LogP contribution in [-0.4, -0.2) is 28.6 Å². The fourth-order valence-electron chi connectivity index (χ4n) is 2.94. The molecule has 138 valence electrons. The number of halogens is 1. The number of phenols is 1. The molecular weight excluding hydrogens is 376 g/mol. The molecule has 0 unspecified atom stereocenters. The van der Waals surface area contributed by atoms with Gasteiger partial charge in [0, 0.05) is 25.0 Å². The summed E-state index contributed by atoms with van der Waals surface area (Å²) in [6.07, 6.45) is 0. The van der Waals surface area contributed by atoms with Crippen LogP contribution in [0, 0.1) is 6.92 Å². The number of phenolic OH excluding ortho intramolecular Hbond substituents is 1. The molecule has 1 aliphatic carbocycles. The Morgan fingerprint density at radius 2 is 1.52 bits per heavy atom. The van der Waals surface area contributed by atoms with Crippen molar-refractivity contribution in [3.05, 3.63) is 51.0 Å². The van der Waals surface area contributed by atoms with Gasteiger partial charge < -0.3 is 14.6 Å². The molecule has 0 fully saturated rings. The monoisotopic (exact) mass is 388 g/mol. The number of rotatable bonds is 2. The van der Waals surface area contributed by atoms with Crippen LogP contribution in [0.1, 0.15) is 51.3 Å². The van der Waals surface area contributed by atoms with Crippen LogP contribution in [0.25, 0.3) is 0 Å². The minimum absolute atomic E-state index is 0.00475. The van der Waals surface area contributed by atoms with Crippen LogP contribution in [0.5, 0.6) is 17.2 Å². The molecule has 0 radical (unpaired) electrons. The first-order chi connectivity index (χ1) is 12.6. The average Bonchev–Trinajstić information content (AvgIpc) is 2.54. The zero-order chi connectivity index (χ0) is 20.0. The SMILES string of the molecule is CC(=O)Oc1cc2c(c(OC(C)=O)c1Cl)C(=O)c1c(O)cc(C)cc1C2=O. The van der Waals surface area contributed by atoms with E-state index < -0.39 is 29.3 Å². The summed E-state index contributed by atoms with van der Waals surface area (Å²) in [5.74, 6) is -3.83. The van der Waals surface area contributed by atoms with Gasteiger partial charge in [-0.05, 0) is 30.7 Å². The van der Waals surface area contributed by atoms with Gasteiger partial charge in [-0.25, -0.2) is 0 Å². The molecule has 1 N–H and O–H groups in total. The lowest BCUT2D eigenvalue weighted by atomic mass is 9.82. The fraction of sp³-hybridized carbons (Fsp3) is 0.158. The van der Waals surface area contributed by atoms with Gasteiger partial charge in [0.25, 0.3) is 0 Å². The Balaban J connectivity index is 2.36. The molecule has 7 nitrogen and oxygen atoms in total. The van der Waals surface area contributed by atoms with Crippen molar-refractivity contribution in [3.8, 4) is 17.2 Å². The van der Waals surface area contributed by atoms with Crippen molar-refractivity contribution in [1.82, 2.24) is 0 Å². The van der Waals surface area contributed by atoms with E-state index in [-0.39, 0.29) is 38.8 Å². The van der Waals surface area contributed by atoms with E-state index in [4.69, 9.17) is 21.1 Å². The number of benzene rings is 2. The molecule has 0 amide bonds. The van der Waals surface area contributed by atoms with E-state index in [1.807, 2.05) is 0 Å². The summed E-state index contributed by atoms with van der Waals surface area (Å²) >= 11 is 6.16. The summed E-state index contributed by atoms with van der Waals surface area (Å²) in [6.45, 7) is 3.87. The lowest BCUT2D eigenvalue weighted by Gasteiger charge is -2.22. The van der Waals surface area contributed by atoms with Crippen molar-refractivity contribution in [3.63, 3.8) is 0 Å². The molecule has 0 spiro atoms. The van der Waals surface area contributed by atoms with E-state index in [9.17, 15) is 24.3 Å². The van der Waals surface area contributed by atoms with Gasteiger partial charge in [-0.15, -0.1) is 0 Å². The normalized spacial score (nSPS) is 12.3. The highest BCUT2D eigenvalue weighted by Gasteiger charge is 2.37. The lowest BCUT2D eigenvalue weighted by molar-refractivity contribution is -0.132. The van der Waals surface area contributed by atoms with Gasteiger partial charge in [0.05, 0.1) is 11.1 Å². The number of ketones is 2. The molecule has 0 saturated heterocycles. The van der Waals surface area contributed by atoms with Crippen LogP contribution in [0.15, 0.2) is 18.2 Å². The molecule has 2 aromatic rings. The average molecular weight is 389 g/mol. The maximum Gasteiger partial charge on any atom is 0.308 e. The summed E-state index contributed by atoms with van der Waals surface area (Å²) in [5, 5.41) is 9.87. The fourth-order valence-corrected chi connectivity index (χ4v) is 3.17. The highest BCUT2D eigenvalue weighted by atomic mass is 35.5. The quantitative estimate of drug-likeness (QED) is 0.531. The van der Waals surface area contributed by atoms with Crippen molar-refractivity contribution >= 4 is 35.1 Å². The van der Waals surface area contributed by atoms with Crippen LogP contribution in [0.2, 0.25) is 5.02 Å². The van der Waals surface area contributed by atoms with Crippen molar-refractivity contribution in [2.24, 2.45) is 0 Å². The largest absolute Gasteiger partial charge is 0.507 e.